The molecule has 18 heavy (non-hydrogen) atoms. The Kier molecular flexibility index (Phi) is 4.66. The lowest BCUT2D eigenvalue weighted by atomic mass is 10.4. The van der Waals surface area contributed by atoms with E-state index in [2.05, 4.69) is 15.2 Å². The quantitative estimate of drug-likeness (QED) is 0.877. The van der Waals surface area contributed by atoms with E-state index in [0.29, 0.717) is 31.7 Å². The molecule has 0 unspecified atom stereocenters. The van der Waals surface area contributed by atoms with Gasteiger partial charge < -0.3 is 0 Å². The van der Waals surface area contributed by atoms with E-state index in [9.17, 15) is 4.79 Å². The van der Waals surface area contributed by atoms with Gasteiger partial charge in [-0.2, -0.15) is 10.1 Å². The van der Waals surface area contributed by atoms with Gasteiger partial charge in [0.15, 0.2) is 5.16 Å². The second kappa shape index (κ2) is 6.06. The molecule has 2 heterocycles. The van der Waals surface area contributed by atoms with Crippen LogP contribution < -0.4 is 5.56 Å². The summed E-state index contributed by atoms with van der Waals surface area (Å²) in [6.45, 7) is 1.86. The molecule has 8 heteroatoms. The Morgan fingerprint density at radius 1 is 1.50 bits per heavy atom. The van der Waals surface area contributed by atoms with Crippen LogP contribution in [-0.4, -0.2) is 15.2 Å². The Balaban J connectivity index is 2.09. The minimum atomic E-state index is -0.284. The highest BCUT2D eigenvalue weighted by Crippen LogP contribution is 2.34. The van der Waals surface area contributed by atoms with E-state index >= 15 is 0 Å². The number of aryl methyl sites for hydroxylation is 1. The summed E-state index contributed by atoms with van der Waals surface area (Å²) < 4.78 is 1.31. The van der Waals surface area contributed by atoms with Crippen molar-refractivity contribution in [2.45, 2.75) is 24.3 Å². The van der Waals surface area contributed by atoms with Gasteiger partial charge >= 0.3 is 0 Å². The molecular formula is C10H9Cl2N3OS2. The zero-order valence-electron chi connectivity index (χ0n) is 9.37. The topological polar surface area (TPSA) is 58.6 Å². The zero-order chi connectivity index (χ0) is 13.1. The Hall–Kier alpha value is -0.560. The molecule has 0 radical (unpaired) electrons. The van der Waals surface area contributed by atoms with E-state index < -0.39 is 0 Å². The molecule has 0 bridgehead atoms. The second-order valence-electron chi connectivity index (χ2n) is 3.38. The first-order valence-electron chi connectivity index (χ1n) is 5.12. The number of rotatable bonds is 4. The summed E-state index contributed by atoms with van der Waals surface area (Å²) in [6, 6.07) is 1.81. The molecule has 4 nitrogen and oxygen atoms in total. The Labute approximate surface area is 122 Å². The van der Waals surface area contributed by atoms with Crippen molar-refractivity contribution >= 4 is 46.3 Å². The number of hydrogen-bond acceptors (Lipinski definition) is 5. The maximum atomic E-state index is 11.5. The highest BCUT2D eigenvalue weighted by atomic mass is 35.5. The molecule has 1 N–H and O–H groups in total. The molecule has 0 spiro atoms. The molecule has 0 fully saturated rings. The molecular weight excluding hydrogens is 313 g/mol. The fraction of sp³-hybridized carbons (Fsp3) is 0.300. The molecule has 0 saturated heterocycles. The van der Waals surface area contributed by atoms with Gasteiger partial charge in [0.1, 0.15) is 5.69 Å². The molecule has 2 aromatic rings. The third kappa shape index (κ3) is 3.26. The van der Waals surface area contributed by atoms with Crippen molar-refractivity contribution in [3.8, 4) is 0 Å². The van der Waals surface area contributed by atoms with Gasteiger partial charge in [-0.15, -0.1) is 11.3 Å². The van der Waals surface area contributed by atoms with E-state index in [1.54, 1.807) is 0 Å². The van der Waals surface area contributed by atoms with Gasteiger partial charge in [-0.3, -0.25) is 9.89 Å². The SMILES string of the molecule is CCc1n[nH]c(SCc2cc(Cl)sc2Cl)nc1=O. The number of aromatic nitrogens is 3. The first-order chi connectivity index (χ1) is 8.60. The van der Waals surface area contributed by atoms with Crippen LogP contribution in [0.4, 0.5) is 0 Å². The lowest BCUT2D eigenvalue weighted by molar-refractivity contribution is 0.765. The minimum Gasteiger partial charge on any atom is -0.265 e. The number of nitrogens with one attached hydrogen (secondary N) is 1. The van der Waals surface area contributed by atoms with Crippen LogP contribution in [0.3, 0.4) is 0 Å². The predicted octanol–water partition coefficient (Wildman–Crippen LogP) is 3.39. The monoisotopic (exact) mass is 321 g/mol. The van der Waals surface area contributed by atoms with Crippen molar-refractivity contribution in [2.24, 2.45) is 0 Å². The first-order valence-corrected chi connectivity index (χ1v) is 7.68. The van der Waals surface area contributed by atoms with Crippen molar-refractivity contribution in [1.29, 1.82) is 0 Å². The van der Waals surface area contributed by atoms with Crippen molar-refractivity contribution in [3.63, 3.8) is 0 Å². The number of aromatic amines is 1. The molecule has 2 aromatic heterocycles. The maximum absolute atomic E-state index is 11.5. The van der Waals surface area contributed by atoms with Gasteiger partial charge in [-0.25, -0.2) is 0 Å². The average Bonchev–Trinajstić information content (AvgIpc) is 2.65. The van der Waals surface area contributed by atoms with Gasteiger partial charge in [0, 0.05) is 5.75 Å². The number of halogens is 2. The summed E-state index contributed by atoms with van der Waals surface area (Å²) in [6.07, 6.45) is 0.569. The zero-order valence-corrected chi connectivity index (χ0v) is 12.5. The van der Waals surface area contributed by atoms with Crippen LogP contribution >= 0.6 is 46.3 Å². The summed E-state index contributed by atoms with van der Waals surface area (Å²) in [4.78, 5) is 15.4. The van der Waals surface area contributed by atoms with Gasteiger partial charge in [0.05, 0.1) is 8.67 Å². The third-order valence-electron chi connectivity index (χ3n) is 2.16. The van der Waals surface area contributed by atoms with Gasteiger partial charge in [0.25, 0.3) is 5.56 Å². The van der Waals surface area contributed by atoms with Gasteiger partial charge in [0.2, 0.25) is 0 Å². The normalized spacial score (nSPS) is 10.8. The number of thiophene rings is 1. The number of thioether (sulfide) groups is 1. The lowest BCUT2D eigenvalue weighted by Crippen LogP contribution is -2.16. The van der Waals surface area contributed by atoms with Crippen LogP contribution in [0, 0.1) is 0 Å². The number of hydrogen-bond donors (Lipinski definition) is 1. The van der Waals surface area contributed by atoms with Crippen molar-refractivity contribution in [3.05, 3.63) is 36.4 Å². The highest BCUT2D eigenvalue weighted by molar-refractivity contribution is 7.98. The van der Waals surface area contributed by atoms with Crippen molar-refractivity contribution in [1.82, 2.24) is 15.2 Å². The molecule has 0 saturated carbocycles. The second-order valence-corrected chi connectivity index (χ2v) is 6.63. The van der Waals surface area contributed by atoms with Crippen LogP contribution in [0.5, 0.6) is 0 Å². The number of nitrogens with zero attached hydrogens (tertiary/aromatic N) is 2. The van der Waals surface area contributed by atoms with E-state index in [1.165, 1.54) is 23.1 Å². The fourth-order valence-corrected chi connectivity index (χ4v) is 3.69. The summed E-state index contributed by atoms with van der Waals surface area (Å²) in [5, 5.41) is 7.20. The smallest absolute Gasteiger partial charge is 0.265 e. The van der Waals surface area contributed by atoms with Gasteiger partial charge in [-0.05, 0) is 18.1 Å². The van der Waals surface area contributed by atoms with Crippen LogP contribution in [-0.2, 0) is 12.2 Å². The summed E-state index contributed by atoms with van der Waals surface area (Å²) in [7, 11) is 0. The average molecular weight is 322 g/mol. The standard InChI is InChI=1S/C10H9Cl2N3OS2/c1-2-6-9(16)13-10(15-14-6)17-4-5-3-7(11)18-8(5)12/h3H,2,4H2,1H3,(H,13,15,16). The molecule has 2 rings (SSSR count). The third-order valence-corrected chi connectivity index (χ3v) is 4.64. The minimum absolute atomic E-state index is 0.284. The molecule has 96 valence electrons. The van der Waals surface area contributed by atoms with Crippen LogP contribution in [0.15, 0.2) is 16.0 Å². The molecule has 0 atom stereocenters. The molecule has 0 aliphatic carbocycles. The predicted molar refractivity (Wildman–Crippen MR) is 75.9 cm³/mol. The van der Waals surface area contributed by atoms with Gasteiger partial charge in [-0.1, -0.05) is 41.9 Å². The molecule has 0 amide bonds. The van der Waals surface area contributed by atoms with Crippen molar-refractivity contribution in [2.75, 3.05) is 0 Å². The van der Waals surface area contributed by atoms with Crippen LogP contribution in [0.1, 0.15) is 18.2 Å². The molecule has 0 aliphatic rings. The Morgan fingerprint density at radius 3 is 2.83 bits per heavy atom. The van der Waals surface area contributed by atoms with E-state index in [0.717, 1.165) is 5.56 Å². The van der Waals surface area contributed by atoms with Crippen LogP contribution in [0.25, 0.3) is 0 Å². The largest absolute Gasteiger partial charge is 0.295 e. The van der Waals surface area contributed by atoms with E-state index in [1.807, 2.05) is 13.0 Å². The summed E-state index contributed by atoms with van der Waals surface area (Å²) >= 11 is 14.5. The molecule has 0 aromatic carbocycles. The van der Waals surface area contributed by atoms with Crippen molar-refractivity contribution < 1.29 is 0 Å². The summed E-state index contributed by atoms with van der Waals surface area (Å²) in [5.41, 5.74) is 1.09. The summed E-state index contributed by atoms with van der Waals surface area (Å²) in [5.74, 6) is 0.595. The lowest BCUT2D eigenvalue weighted by Gasteiger charge is -2.00. The maximum Gasteiger partial charge on any atom is 0.295 e. The highest BCUT2D eigenvalue weighted by Gasteiger charge is 2.08. The van der Waals surface area contributed by atoms with Crippen LogP contribution in [0.2, 0.25) is 8.67 Å². The Morgan fingerprint density at radius 2 is 2.28 bits per heavy atom. The fourth-order valence-electron chi connectivity index (χ4n) is 1.26. The van der Waals surface area contributed by atoms with E-state index in [-0.39, 0.29) is 5.56 Å². The Bertz CT molecular complexity index is 611. The van der Waals surface area contributed by atoms with E-state index in [4.69, 9.17) is 23.2 Å². The number of H-pyrrole nitrogens is 1. The molecule has 0 aliphatic heterocycles. The first kappa shape index (κ1) is 13.9.